The van der Waals surface area contributed by atoms with Crippen molar-refractivity contribution in [2.24, 2.45) is 35.0 Å². The highest BCUT2D eigenvalue weighted by molar-refractivity contribution is 6.24. The van der Waals surface area contributed by atoms with Crippen molar-refractivity contribution in [1.29, 1.82) is 0 Å². The molecule has 2 saturated heterocycles. The van der Waals surface area contributed by atoms with Gasteiger partial charge in [-0.15, -0.1) is 0 Å². The summed E-state index contributed by atoms with van der Waals surface area (Å²) in [5, 5.41) is 10.4. The van der Waals surface area contributed by atoms with Crippen molar-refractivity contribution in [2.45, 2.75) is 26.7 Å². The van der Waals surface area contributed by atoms with Crippen LogP contribution in [0.5, 0.6) is 17.2 Å². The van der Waals surface area contributed by atoms with Gasteiger partial charge in [-0.2, -0.15) is 0 Å². The maximum absolute atomic E-state index is 14.3. The van der Waals surface area contributed by atoms with Gasteiger partial charge in [0.05, 0.1) is 43.1 Å². The molecule has 6 atom stereocenters. The number of allylic oxidation sites excluding steroid dienone is 3. The number of fused-ring (bicyclic) bond motifs is 4. The Morgan fingerprint density at radius 1 is 0.976 bits per heavy atom. The lowest BCUT2D eigenvalue weighted by atomic mass is 9.52. The lowest BCUT2D eigenvalue weighted by Crippen LogP contribution is -2.49. The number of carbonyl (C=O) groups excluding carboxylic acids is 4. The molecule has 0 spiro atoms. The molecule has 9 nitrogen and oxygen atoms in total. The minimum absolute atomic E-state index is 0.122. The van der Waals surface area contributed by atoms with Gasteiger partial charge in [-0.1, -0.05) is 42.0 Å². The predicted octanol–water partition coefficient (Wildman–Crippen LogP) is 4.21. The van der Waals surface area contributed by atoms with Gasteiger partial charge in [0.2, 0.25) is 29.4 Å². The van der Waals surface area contributed by atoms with Crippen LogP contribution in [-0.2, 0) is 19.2 Å². The van der Waals surface area contributed by atoms with E-state index in [4.69, 9.17) is 9.47 Å². The largest absolute Gasteiger partial charge is 0.502 e. The molecule has 3 fully saturated rings. The van der Waals surface area contributed by atoms with Crippen molar-refractivity contribution < 1.29 is 33.8 Å². The van der Waals surface area contributed by atoms with Gasteiger partial charge in [-0.3, -0.25) is 24.1 Å². The number of amides is 4. The van der Waals surface area contributed by atoms with Crippen molar-refractivity contribution in [1.82, 2.24) is 4.90 Å². The molecule has 218 valence electrons. The van der Waals surface area contributed by atoms with Gasteiger partial charge in [-0.25, -0.2) is 4.90 Å². The monoisotopic (exact) mass is 570 g/mol. The normalized spacial score (nSPS) is 30.4. The first-order chi connectivity index (χ1) is 20.2. The number of hydrogen-bond donors (Lipinski definition) is 1. The van der Waals surface area contributed by atoms with Crippen LogP contribution in [0.25, 0.3) is 6.08 Å². The average molecular weight is 571 g/mol. The molecule has 1 saturated carbocycles. The standard InChI is InChI=1S/C33H34N2O7/c1-5-34-29(37)21-13-12-20-22(27(21)31(34)39)17-24-30(38)35(19-9-7-6-8-10-19)32(40)33(24,2)23(20)14-11-18-15-25(41-3)28(36)26(16-18)42-4/h6-12,14-16,21-24,27,36H,5,13,17H2,1-4H3. The van der Waals surface area contributed by atoms with Gasteiger partial charge in [-0.05, 0) is 62.4 Å². The first kappa shape index (κ1) is 27.8. The Labute approximate surface area is 244 Å². The predicted molar refractivity (Wildman–Crippen MR) is 154 cm³/mol. The number of phenols is 1. The van der Waals surface area contributed by atoms with E-state index in [2.05, 4.69) is 0 Å². The molecule has 2 aromatic rings. The molecule has 2 aliphatic carbocycles. The van der Waals surface area contributed by atoms with E-state index < -0.39 is 29.1 Å². The lowest BCUT2D eigenvalue weighted by Gasteiger charge is -2.47. The second-order valence-corrected chi connectivity index (χ2v) is 11.6. The van der Waals surface area contributed by atoms with Crippen LogP contribution in [0, 0.1) is 35.0 Å². The number of ether oxygens (including phenoxy) is 2. The van der Waals surface area contributed by atoms with E-state index in [0.717, 1.165) is 5.57 Å². The van der Waals surface area contributed by atoms with Crippen molar-refractivity contribution in [3.63, 3.8) is 0 Å². The van der Waals surface area contributed by atoms with Crippen LogP contribution in [0.2, 0.25) is 0 Å². The third-order valence-corrected chi connectivity index (χ3v) is 9.75. The highest BCUT2D eigenvalue weighted by atomic mass is 16.5. The number of rotatable bonds is 6. The number of nitrogens with zero attached hydrogens (tertiary/aromatic N) is 2. The van der Waals surface area contributed by atoms with E-state index in [1.165, 1.54) is 24.0 Å². The minimum atomic E-state index is -1.11. The molecular weight excluding hydrogens is 536 g/mol. The first-order valence-electron chi connectivity index (χ1n) is 14.3. The molecule has 0 bridgehead atoms. The van der Waals surface area contributed by atoms with Crippen LogP contribution in [-0.4, -0.2) is 54.4 Å². The number of imide groups is 2. The van der Waals surface area contributed by atoms with Crippen molar-refractivity contribution in [3.05, 3.63) is 65.8 Å². The number of benzene rings is 2. The molecule has 0 aromatic heterocycles. The summed E-state index contributed by atoms with van der Waals surface area (Å²) >= 11 is 0. The summed E-state index contributed by atoms with van der Waals surface area (Å²) in [6.45, 7) is 3.94. The molecule has 42 heavy (non-hydrogen) atoms. The van der Waals surface area contributed by atoms with E-state index in [1.54, 1.807) is 43.3 Å². The topological polar surface area (TPSA) is 113 Å². The molecule has 6 rings (SSSR count). The zero-order valence-corrected chi connectivity index (χ0v) is 24.1. The van der Waals surface area contributed by atoms with Crippen LogP contribution in [0.3, 0.4) is 0 Å². The van der Waals surface area contributed by atoms with Crippen molar-refractivity contribution >= 4 is 35.4 Å². The van der Waals surface area contributed by atoms with Crippen LogP contribution >= 0.6 is 0 Å². The fourth-order valence-electron chi connectivity index (χ4n) is 7.64. The highest BCUT2D eigenvalue weighted by Gasteiger charge is 2.66. The maximum Gasteiger partial charge on any atom is 0.241 e. The Morgan fingerprint density at radius 2 is 1.64 bits per heavy atom. The summed E-state index contributed by atoms with van der Waals surface area (Å²) in [7, 11) is 2.89. The van der Waals surface area contributed by atoms with E-state index in [-0.39, 0.29) is 46.8 Å². The van der Waals surface area contributed by atoms with E-state index in [0.29, 0.717) is 30.6 Å². The van der Waals surface area contributed by atoms with Crippen LogP contribution in [0.1, 0.15) is 32.3 Å². The summed E-state index contributed by atoms with van der Waals surface area (Å²) in [6, 6.07) is 12.2. The van der Waals surface area contributed by atoms with Gasteiger partial charge >= 0.3 is 0 Å². The average Bonchev–Trinajstić information content (AvgIpc) is 3.36. The molecule has 9 heteroatoms. The number of para-hydroxylation sites is 1. The van der Waals surface area contributed by atoms with E-state index >= 15 is 0 Å². The summed E-state index contributed by atoms with van der Waals surface area (Å²) in [5.74, 6) is -3.14. The van der Waals surface area contributed by atoms with Gasteiger partial charge < -0.3 is 14.6 Å². The fraction of sp³-hybridized carbons (Fsp3) is 0.394. The molecule has 4 aliphatic rings. The number of aromatic hydroxyl groups is 1. The first-order valence-corrected chi connectivity index (χ1v) is 14.3. The summed E-state index contributed by atoms with van der Waals surface area (Å²) in [6.07, 6.45) is 6.49. The Hall–Kier alpha value is -4.40. The lowest BCUT2D eigenvalue weighted by molar-refractivity contribution is -0.140. The molecule has 2 aliphatic heterocycles. The fourth-order valence-corrected chi connectivity index (χ4v) is 7.64. The number of likely N-dealkylation sites (tertiary alicyclic amines) is 1. The van der Waals surface area contributed by atoms with Crippen LogP contribution in [0.15, 0.2) is 60.2 Å². The summed E-state index contributed by atoms with van der Waals surface area (Å²) in [4.78, 5) is 57.6. The SMILES string of the molecule is CCN1C(=O)C2CC=C3C(CC4C(=O)N(c5ccccc5)C(=O)C4(C)C3C=Cc3cc(OC)c(O)c(OC)c3)C2C1=O. The van der Waals surface area contributed by atoms with Gasteiger partial charge in [0, 0.05) is 12.5 Å². The van der Waals surface area contributed by atoms with Crippen molar-refractivity contribution in [2.75, 3.05) is 25.7 Å². The zero-order chi connectivity index (χ0) is 29.9. The molecule has 6 unspecified atom stereocenters. The number of anilines is 1. The number of carbonyl (C=O) groups is 4. The molecular formula is C33H34N2O7. The Bertz CT molecular complexity index is 1520. The third-order valence-electron chi connectivity index (χ3n) is 9.75. The Balaban J connectivity index is 1.48. The second-order valence-electron chi connectivity index (χ2n) is 11.6. The Morgan fingerprint density at radius 3 is 2.26 bits per heavy atom. The summed E-state index contributed by atoms with van der Waals surface area (Å²) in [5.41, 5.74) is 0.982. The number of methoxy groups -OCH3 is 2. The van der Waals surface area contributed by atoms with E-state index in [9.17, 15) is 24.3 Å². The maximum atomic E-state index is 14.3. The molecule has 2 aromatic carbocycles. The molecule has 4 amide bonds. The molecule has 2 heterocycles. The van der Waals surface area contributed by atoms with Gasteiger partial charge in [0.25, 0.3) is 0 Å². The van der Waals surface area contributed by atoms with Crippen molar-refractivity contribution in [3.8, 4) is 17.2 Å². The zero-order valence-electron chi connectivity index (χ0n) is 24.1. The van der Waals surface area contributed by atoms with E-state index in [1.807, 2.05) is 31.2 Å². The van der Waals surface area contributed by atoms with Crippen LogP contribution < -0.4 is 14.4 Å². The molecule has 1 N–H and O–H groups in total. The van der Waals surface area contributed by atoms with Gasteiger partial charge in [0.1, 0.15) is 0 Å². The van der Waals surface area contributed by atoms with Gasteiger partial charge in [0.15, 0.2) is 11.5 Å². The Kier molecular flexibility index (Phi) is 6.71. The molecule has 0 radical (unpaired) electrons. The number of hydrogen-bond acceptors (Lipinski definition) is 7. The smallest absolute Gasteiger partial charge is 0.241 e. The number of phenolic OH excluding ortho intramolecular Hbond substituents is 1. The summed E-state index contributed by atoms with van der Waals surface area (Å²) < 4.78 is 10.6. The quantitative estimate of drug-likeness (QED) is 0.409. The van der Waals surface area contributed by atoms with Crippen LogP contribution in [0.4, 0.5) is 5.69 Å². The minimum Gasteiger partial charge on any atom is -0.502 e. The highest BCUT2D eigenvalue weighted by Crippen LogP contribution is 2.61. The second kappa shape index (κ2) is 10.2. The third kappa shape index (κ3) is 3.82.